The largest absolute Gasteiger partial charge is 0.483 e. The van der Waals surface area contributed by atoms with Crippen LogP contribution < -0.4 is 15.4 Å². The van der Waals surface area contributed by atoms with Gasteiger partial charge in [0.25, 0.3) is 5.91 Å². The number of fused-ring (bicyclic) bond motifs is 3. The minimum atomic E-state index is -0.272. The molecule has 0 saturated heterocycles. The van der Waals surface area contributed by atoms with Gasteiger partial charge in [-0.1, -0.05) is 19.9 Å². The van der Waals surface area contributed by atoms with Crippen molar-refractivity contribution in [2.24, 2.45) is 5.92 Å². The summed E-state index contributed by atoms with van der Waals surface area (Å²) in [6, 6.07) is 11.0. The summed E-state index contributed by atoms with van der Waals surface area (Å²) in [5, 5.41) is 9.60. The Morgan fingerprint density at radius 1 is 1.13 bits per heavy atom. The third kappa shape index (κ3) is 4.29. The summed E-state index contributed by atoms with van der Waals surface area (Å²) in [7, 11) is 0. The van der Waals surface area contributed by atoms with Crippen LogP contribution in [0.25, 0.3) is 20.3 Å². The lowest BCUT2D eigenvalue weighted by Crippen LogP contribution is -2.21. The van der Waals surface area contributed by atoms with Gasteiger partial charge in [0.15, 0.2) is 6.61 Å². The Morgan fingerprint density at radius 2 is 1.90 bits per heavy atom. The molecule has 154 valence electrons. The highest BCUT2D eigenvalue weighted by molar-refractivity contribution is 7.21. The highest BCUT2D eigenvalue weighted by atomic mass is 32.1. The number of aryl methyl sites for hydroxylation is 1. The Hall–Kier alpha value is -2.97. The molecule has 2 heterocycles. The standard InChI is InChI=1S/C22H21N3O3S2/c1-12(2)22(27)25-15-6-4-5-14(9-15)24-19(26)11-28-17-10-18-20(23-13(3)30-18)21-16(17)7-8-29-21/h4-10,12H,11H2,1-3H3,(H,24,26)(H,25,27). The molecule has 4 aromatic rings. The normalized spacial score (nSPS) is 11.2. The van der Waals surface area contributed by atoms with Gasteiger partial charge in [-0.25, -0.2) is 4.98 Å². The molecule has 0 unspecified atom stereocenters. The summed E-state index contributed by atoms with van der Waals surface area (Å²) >= 11 is 3.23. The fourth-order valence-electron chi connectivity index (χ4n) is 3.01. The van der Waals surface area contributed by atoms with Gasteiger partial charge in [-0.05, 0) is 36.6 Å². The van der Waals surface area contributed by atoms with Crippen molar-refractivity contribution in [3.63, 3.8) is 0 Å². The van der Waals surface area contributed by atoms with E-state index in [1.807, 2.05) is 38.3 Å². The van der Waals surface area contributed by atoms with E-state index in [0.717, 1.165) is 25.3 Å². The molecule has 0 aliphatic rings. The number of carbonyl (C=O) groups is 2. The molecule has 2 amide bonds. The number of thiophene rings is 1. The second kappa shape index (κ2) is 8.41. The zero-order chi connectivity index (χ0) is 21.3. The molecular weight excluding hydrogens is 418 g/mol. The van der Waals surface area contributed by atoms with Gasteiger partial charge in [0.2, 0.25) is 5.91 Å². The maximum Gasteiger partial charge on any atom is 0.262 e. The van der Waals surface area contributed by atoms with E-state index in [1.54, 1.807) is 46.9 Å². The average molecular weight is 440 g/mol. The van der Waals surface area contributed by atoms with Gasteiger partial charge in [-0.3, -0.25) is 9.59 Å². The number of hydrogen-bond donors (Lipinski definition) is 2. The number of ether oxygens (including phenoxy) is 1. The lowest BCUT2D eigenvalue weighted by Gasteiger charge is -2.11. The molecule has 2 aromatic carbocycles. The number of hydrogen-bond acceptors (Lipinski definition) is 6. The smallest absolute Gasteiger partial charge is 0.262 e. The number of benzene rings is 2. The quantitative estimate of drug-likeness (QED) is 0.420. The first kappa shape index (κ1) is 20.3. The molecule has 6 nitrogen and oxygen atoms in total. The molecule has 0 aliphatic carbocycles. The monoisotopic (exact) mass is 439 g/mol. The van der Waals surface area contributed by atoms with Crippen LogP contribution in [0.15, 0.2) is 41.8 Å². The summed E-state index contributed by atoms with van der Waals surface area (Å²) < 4.78 is 7.98. The Morgan fingerprint density at radius 3 is 2.67 bits per heavy atom. The Kier molecular flexibility index (Phi) is 5.69. The highest BCUT2D eigenvalue weighted by Gasteiger charge is 2.14. The van der Waals surface area contributed by atoms with Crippen molar-refractivity contribution in [3.05, 3.63) is 46.8 Å². The van der Waals surface area contributed by atoms with Crippen LogP contribution in [-0.4, -0.2) is 23.4 Å². The van der Waals surface area contributed by atoms with E-state index < -0.39 is 0 Å². The number of anilines is 2. The number of nitrogens with one attached hydrogen (secondary N) is 2. The Bertz CT molecular complexity index is 1240. The first-order chi connectivity index (χ1) is 14.4. The number of rotatable bonds is 6. The predicted molar refractivity (Wildman–Crippen MR) is 124 cm³/mol. The molecule has 8 heteroatoms. The SMILES string of the molecule is Cc1nc2c(cc(OCC(=O)Nc3cccc(NC(=O)C(C)C)c3)c3ccsc32)s1. The zero-order valence-electron chi connectivity index (χ0n) is 16.8. The zero-order valence-corrected chi connectivity index (χ0v) is 18.4. The van der Waals surface area contributed by atoms with E-state index in [4.69, 9.17) is 4.74 Å². The molecule has 0 atom stereocenters. The second-order valence-corrected chi connectivity index (χ2v) is 9.33. The summed E-state index contributed by atoms with van der Waals surface area (Å²) in [5.41, 5.74) is 2.22. The number of amides is 2. The van der Waals surface area contributed by atoms with Crippen LogP contribution in [0.2, 0.25) is 0 Å². The Balaban J connectivity index is 1.45. The molecule has 0 bridgehead atoms. The second-order valence-electron chi connectivity index (χ2n) is 7.18. The van der Waals surface area contributed by atoms with Crippen molar-refractivity contribution in [1.82, 2.24) is 4.98 Å². The molecule has 0 saturated carbocycles. The van der Waals surface area contributed by atoms with Gasteiger partial charge in [0.05, 0.1) is 19.9 Å². The van der Waals surface area contributed by atoms with Crippen LogP contribution in [-0.2, 0) is 9.59 Å². The van der Waals surface area contributed by atoms with Crippen LogP contribution in [0.1, 0.15) is 18.9 Å². The maximum absolute atomic E-state index is 12.4. The van der Waals surface area contributed by atoms with Crippen LogP contribution >= 0.6 is 22.7 Å². The van der Waals surface area contributed by atoms with E-state index >= 15 is 0 Å². The van der Waals surface area contributed by atoms with Gasteiger partial charge in [-0.2, -0.15) is 0 Å². The molecule has 2 aromatic heterocycles. The van der Waals surface area contributed by atoms with Crippen molar-refractivity contribution >= 4 is 66.2 Å². The van der Waals surface area contributed by atoms with Crippen molar-refractivity contribution in [3.8, 4) is 5.75 Å². The van der Waals surface area contributed by atoms with Gasteiger partial charge >= 0.3 is 0 Å². The van der Waals surface area contributed by atoms with Crippen LogP contribution in [0.4, 0.5) is 11.4 Å². The molecule has 0 spiro atoms. The van der Waals surface area contributed by atoms with Crippen molar-refractivity contribution in [2.45, 2.75) is 20.8 Å². The first-order valence-corrected chi connectivity index (χ1v) is 11.2. The molecule has 2 N–H and O–H groups in total. The van der Waals surface area contributed by atoms with Crippen LogP contribution in [0.3, 0.4) is 0 Å². The lowest BCUT2D eigenvalue weighted by molar-refractivity contribution is -0.119. The molecule has 0 radical (unpaired) electrons. The fourth-order valence-corrected chi connectivity index (χ4v) is 4.84. The number of thiazole rings is 1. The number of carbonyl (C=O) groups excluding carboxylic acids is 2. The van der Waals surface area contributed by atoms with Gasteiger partial charge in [0.1, 0.15) is 5.75 Å². The van der Waals surface area contributed by atoms with Crippen molar-refractivity contribution in [2.75, 3.05) is 17.2 Å². The van der Waals surface area contributed by atoms with Gasteiger partial charge < -0.3 is 15.4 Å². The Labute approximate surface area is 181 Å². The van der Waals surface area contributed by atoms with Gasteiger partial charge in [-0.15, -0.1) is 22.7 Å². The molecule has 0 aliphatic heterocycles. The average Bonchev–Trinajstić information content (AvgIpc) is 3.32. The summed E-state index contributed by atoms with van der Waals surface area (Å²) in [5.74, 6) is 0.211. The highest BCUT2D eigenvalue weighted by Crippen LogP contribution is 2.38. The number of nitrogens with zero attached hydrogens (tertiary/aromatic N) is 1. The van der Waals surface area contributed by atoms with E-state index in [9.17, 15) is 9.59 Å². The summed E-state index contributed by atoms with van der Waals surface area (Å²) in [4.78, 5) is 28.9. The lowest BCUT2D eigenvalue weighted by atomic mass is 10.2. The van der Waals surface area contributed by atoms with Crippen molar-refractivity contribution < 1.29 is 14.3 Å². The summed E-state index contributed by atoms with van der Waals surface area (Å²) in [6.45, 7) is 5.52. The van der Waals surface area contributed by atoms with E-state index in [0.29, 0.717) is 17.1 Å². The van der Waals surface area contributed by atoms with Crippen molar-refractivity contribution in [1.29, 1.82) is 0 Å². The van der Waals surface area contributed by atoms with Crippen LogP contribution in [0, 0.1) is 12.8 Å². The maximum atomic E-state index is 12.4. The molecule has 0 fully saturated rings. The summed E-state index contributed by atoms with van der Waals surface area (Å²) in [6.07, 6.45) is 0. The minimum Gasteiger partial charge on any atom is -0.483 e. The molecule has 30 heavy (non-hydrogen) atoms. The fraction of sp³-hybridized carbons (Fsp3) is 0.227. The third-order valence-corrected chi connectivity index (χ3v) is 6.30. The van der Waals surface area contributed by atoms with E-state index in [2.05, 4.69) is 15.6 Å². The molecular formula is C22H21N3O3S2. The first-order valence-electron chi connectivity index (χ1n) is 9.51. The number of aromatic nitrogens is 1. The van der Waals surface area contributed by atoms with E-state index in [1.165, 1.54) is 0 Å². The van der Waals surface area contributed by atoms with E-state index in [-0.39, 0.29) is 24.3 Å². The molecule has 4 rings (SSSR count). The predicted octanol–water partition coefficient (Wildman–Crippen LogP) is 5.43. The minimum absolute atomic E-state index is 0.0738. The topological polar surface area (TPSA) is 80.3 Å². The van der Waals surface area contributed by atoms with Gasteiger partial charge in [0, 0.05) is 28.7 Å². The third-order valence-electron chi connectivity index (χ3n) is 4.47. The van der Waals surface area contributed by atoms with Crippen LogP contribution in [0.5, 0.6) is 5.75 Å².